The van der Waals surface area contributed by atoms with Gasteiger partial charge in [-0.15, -0.1) is 0 Å². The van der Waals surface area contributed by atoms with E-state index in [0.29, 0.717) is 13.0 Å². The summed E-state index contributed by atoms with van der Waals surface area (Å²) in [5, 5.41) is 0. The van der Waals surface area contributed by atoms with E-state index in [9.17, 15) is 4.79 Å². The van der Waals surface area contributed by atoms with Gasteiger partial charge in [0.05, 0.1) is 13.5 Å². The summed E-state index contributed by atoms with van der Waals surface area (Å²) >= 11 is 0. The second kappa shape index (κ2) is 6.93. The molecule has 0 aliphatic carbocycles. The van der Waals surface area contributed by atoms with Gasteiger partial charge in [0.15, 0.2) is 0 Å². The van der Waals surface area contributed by atoms with Crippen molar-refractivity contribution in [2.45, 2.75) is 19.9 Å². The van der Waals surface area contributed by atoms with Gasteiger partial charge in [-0.2, -0.15) is 0 Å². The van der Waals surface area contributed by atoms with E-state index >= 15 is 0 Å². The highest BCUT2D eigenvalue weighted by atomic mass is 16.5. The van der Waals surface area contributed by atoms with Crippen LogP contribution in [-0.4, -0.2) is 25.0 Å². The molecule has 1 amide bonds. The van der Waals surface area contributed by atoms with Gasteiger partial charge in [0, 0.05) is 13.6 Å². The van der Waals surface area contributed by atoms with Crippen LogP contribution >= 0.6 is 0 Å². The first-order valence-corrected chi connectivity index (χ1v) is 7.01. The highest BCUT2D eigenvalue weighted by molar-refractivity contribution is 5.78. The minimum Gasteiger partial charge on any atom is -0.497 e. The highest BCUT2D eigenvalue weighted by Gasteiger charge is 2.10. The Morgan fingerprint density at radius 1 is 1.00 bits per heavy atom. The van der Waals surface area contributed by atoms with Crippen LogP contribution in [-0.2, 0) is 17.8 Å². The quantitative estimate of drug-likeness (QED) is 0.843. The molecule has 2 aromatic rings. The zero-order valence-electron chi connectivity index (χ0n) is 12.8. The second-order valence-corrected chi connectivity index (χ2v) is 5.26. The number of carbonyl (C=O) groups excluding carboxylic acids is 1. The van der Waals surface area contributed by atoms with Crippen molar-refractivity contribution in [1.29, 1.82) is 0 Å². The average molecular weight is 283 g/mol. The van der Waals surface area contributed by atoms with E-state index in [2.05, 4.69) is 31.2 Å². The largest absolute Gasteiger partial charge is 0.497 e. The van der Waals surface area contributed by atoms with Crippen LogP contribution in [0, 0.1) is 6.92 Å². The molecule has 2 aromatic carbocycles. The van der Waals surface area contributed by atoms with Crippen molar-refractivity contribution in [3.05, 3.63) is 65.2 Å². The monoisotopic (exact) mass is 283 g/mol. The van der Waals surface area contributed by atoms with Crippen LogP contribution in [0.1, 0.15) is 16.7 Å². The van der Waals surface area contributed by atoms with Gasteiger partial charge in [-0.05, 0) is 30.2 Å². The van der Waals surface area contributed by atoms with Crippen LogP contribution in [0.25, 0.3) is 0 Å². The molecule has 21 heavy (non-hydrogen) atoms. The van der Waals surface area contributed by atoms with E-state index in [1.807, 2.05) is 31.3 Å². The number of aryl methyl sites for hydroxylation is 1. The number of hydrogen-bond acceptors (Lipinski definition) is 2. The summed E-state index contributed by atoms with van der Waals surface area (Å²) < 4.78 is 5.11. The van der Waals surface area contributed by atoms with Crippen molar-refractivity contribution >= 4 is 5.91 Å². The average Bonchev–Trinajstić information content (AvgIpc) is 2.50. The van der Waals surface area contributed by atoms with Crippen LogP contribution in [0.5, 0.6) is 5.75 Å². The first-order chi connectivity index (χ1) is 10.1. The molecule has 0 aliphatic rings. The third kappa shape index (κ3) is 4.35. The Hall–Kier alpha value is -2.29. The Kier molecular flexibility index (Phi) is 4.99. The maximum Gasteiger partial charge on any atom is 0.227 e. The number of hydrogen-bond donors (Lipinski definition) is 0. The number of methoxy groups -OCH3 is 1. The zero-order valence-corrected chi connectivity index (χ0v) is 12.8. The summed E-state index contributed by atoms with van der Waals surface area (Å²) in [5.41, 5.74) is 3.37. The first kappa shape index (κ1) is 15.1. The van der Waals surface area contributed by atoms with E-state index in [1.54, 1.807) is 12.0 Å². The maximum atomic E-state index is 12.2. The fourth-order valence-electron chi connectivity index (χ4n) is 2.11. The third-order valence-corrected chi connectivity index (χ3v) is 3.48. The Morgan fingerprint density at radius 2 is 1.57 bits per heavy atom. The van der Waals surface area contributed by atoms with Gasteiger partial charge in [0.2, 0.25) is 5.91 Å². The Labute approximate surface area is 126 Å². The summed E-state index contributed by atoms with van der Waals surface area (Å²) in [5.74, 6) is 0.917. The SMILES string of the molecule is COc1ccc(CC(=O)N(C)Cc2ccc(C)cc2)cc1. The van der Waals surface area contributed by atoms with E-state index in [-0.39, 0.29) is 5.91 Å². The van der Waals surface area contributed by atoms with Crippen LogP contribution in [0.15, 0.2) is 48.5 Å². The summed E-state index contributed by atoms with van der Waals surface area (Å²) in [6.45, 7) is 2.69. The number of likely N-dealkylation sites (N-methyl/N-ethyl adjacent to an activating group) is 1. The Balaban J connectivity index is 1.93. The lowest BCUT2D eigenvalue weighted by molar-refractivity contribution is -0.129. The molecule has 0 N–H and O–H groups in total. The van der Waals surface area contributed by atoms with Crippen molar-refractivity contribution in [1.82, 2.24) is 4.90 Å². The second-order valence-electron chi connectivity index (χ2n) is 5.26. The predicted octanol–water partition coefficient (Wildman–Crippen LogP) is 3.20. The number of ether oxygens (including phenoxy) is 1. The van der Waals surface area contributed by atoms with Crippen LogP contribution in [0.2, 0.25) is 0 Å². The fourth-order valence-corrected chi connectivity index (χ4v) is 2.11. The van der Waals surface area contributed by atoms with Crippen LogP contribution in [0.3, 0.4) is 0 Å². The van der Waals surface area contributed by atoms with Gasteiger partial charge in [-0.3, -0.25) is 4.79 Å². The summed E-state index contributed by atoms with van der Waals surface area (Å²) in [6.07, 6.45) is 0.409. The summed E-state index contributed by atoms with van der Waals surface area (Å²) in [6, 6.07) is 15.9. The van der Waals surface area contributed by atoms with Gasteiger partial charge in [-0.1, -0.05) is 42.0 Å². The Morgan fingerprint density at radius 3 is 2.14 bits per heavy atom. The van der Waals surface area contributed by atoms with Gasteiger partial charge in [0.1, 0.15) is 5.75 Å². The topological polar surface area (TPSA) is 29.5 Å². The number of nitrogens with zero attached hydrogens (tertiary/aromatic N) is 1. The molecule has 0 aromatic heterocycles. The fraction of sp³-hybridized carbons (Fsp3) is 0.278. The molecule has 2 rings (SSSR count). The predicted molar refractivity (Wildman–Crippen MR) is 84.4 cm³/mol. The summed E-state index contributed by atoms with van der Waals surface area (Å²) in [4.78, 5) is 14.0. The molecule has 0 unspecified atom stereocenters. The molecule has 3 nitrogen and oxygen atoms in total. The Bertz CT molecular complexity index is 588. The van der Waals surface area contributed by atoms with E-state index in [0.717, 1.165) is 16.9 Å². The molecule has 0 heterocycles. The van der Waals surface area contributed by atoms with Gasteiger partial charge in [-0.25, -0.2) is 0 Å². The molecule has 0 fully saturated rings. The van der Waals surface area contributed by atoms with Crippen molar-refractivity contribution in [2.24, 2.45) is 0 Å². The van der Waals surface area contributed by atoms with Crippen LogP contribution < -0.4 is 4.74 Å². The zero-order chi connectivity index (χ0) is 15.2. The molecule has 110 valence electrons. The van der Waals surface area contributed by atoms with Crippen molar-refractivity contribution < 1.29 is 9.53 Å². The maximum absolute atomic E-state index is 12.2. The molecule has 0 bridgehead atoms. The number of amides is 1. The van der Waals surface area contributed by atoms with Crippen molar-refractivity contribution in [3.8, 4) is 5.75 Å². The number of rotatable bonds is 5. The molecule has 0 atom stereocenters. The van der Waals surface area contributed by atoms with E-state index < -0.39 is 0 Å². The minimum atomic E-state index is 0.112. The third-order valence-electron chi connectivity index (χ3n) is 3.48. The molecule has 3 heteroatoms. The normalized spacial score (nSPS) is 10.2. The highest BCUT2D eigenvalue weighted by Crippen LogP contribution is 2.13. The molecular weight excluding hydrogens is 262 g/mol. The van der Waals surface area contributed by atoms with Gasteiger partial charge >= 0.3 is 0 Å². The van der Waals surface area contributed by atoms with Gasteiger partial charge < -0.3 is 9.64 Å². The lowest BCUT2D eigenvalue weighted by atomic mass is 10.1. The standard InChI is InChI=1S/C18H21NO2/c1-14-4-6-16(7-5-14)13-19(2)18(20)12-15-8-10-17(21-3)11-9-15/h4-11H,12-13H2,1-3H3. The number of carbonyl (C=O) groups is 1. The molecule has 0 aliphatic heterocycles. The smallest absolute Gasteiger partial charge is 0.227 e. The molecule has 0 spiro atoms. The molecule has 0 radical (unpaired) electrons. The minimum absolute atomic E-state index is 0.112. The van der Waals surface area contributed by atoms with Gasteiger partial charge in [0.25, 0.3) is 0 Å². The summed E-state index contributed by atoms with van der Waals surface area (Å²) in [7, 11) is 3.47. The molecular formula is C18H21NO2. The first-order valence-electron chi connectivity index (χ1n) is 7.01. The lowest BCUT2D eigenvalue weighted by Gasteiger charge is -2.17. The van der Waals surface area contributed by atoms with E-state index in [1.165, 1.54) is 5.56 Å². The van der Waals surface area contributed by atoms with Crippen molar-refractivity contribution in [2.75, 3.05) is 14.2 Å². The van der Waals surface area contributed by atoms with E-state index in [4.69, 9.17) is 4.74 Å². The lowest BCUT2D eigenvalue weighted by Crippen LogP contribution is -2.27. The molecule has 0 saturated heterocycles. The number of benzene rings is 2. The van der Waals surface area contributed by atoms with Crippen molar-refractivity contribution in [3.63, 3.8) is 0 Å². The van der Waals surface area contributed by atoms with Crippen LogP contribution in [0.4, 0.5) is 0 Å². The molecule has 0 saturated carbocycles.